The van der Waals surface area contributed by atoms with Gasteiger partial charge in [0.25, 0.3) is 0 Å². The molecule has 0 aliphatic rings. The monoisotopic (exact) mass is 224 g/mol. The lowest BCUT2D eigenvalue weighted by molar-refractivity contribution is 0.375. The molecule has 4 heteroatoms. The molecule has 1 heterocycles. The van der Waals surface area contributed by atoms with Crippen LogP contribution in [0.25, 0.3) is 0 Å². The normalized spacial score (nSPS) is 12.4. The minimum atomic E-state index is -0.380. The van der Waals surface area contributed by atoms with Crippen molar-refractivity contribution in [2.75, 3.05) is 0 Å². The van der Waals surface area contributed by atoms with Crippen LogP contribution >= 0.6 is 0 Å². The molecule has 0 saturated heterocycles. The SMILES string of the molecule is C/C(=C\CCC(C)C)Cn1c(C)noc1=O. The quantitative estimate of drug-likeness (QED) is 0.722. The fourth-order valence-corrected chi connectivity index (χ4v) is 1.49. The maximum atomic E-state index is 11.3. The van der Waals surface area contributed by atoms with Crippen molar-refractivity contribution < 1.29 is 4.52 Å². The Bertz CT molecular complexity index is 413. The Balaban J connectivity index is 2.57. The van der Waals surface area contributed by atoms with Crippen LogP contribution in [0.5, 0.6) is 0 Å². The van der Waals surface area contributed by atoms with Crippen LogP contribution in [-0.2, 0) is 6.54 Å². The standard InChI is InChI=1S/C12H20N2O2/c1-9(2)6-5-7-10(3)8-14-11(4)13-16-12(14)15/h7,9H,5-6,8H2,1-4H3/b10-7+. The molecule has 0 N–H and O–H groups in total. The molecule has 0 saturated carbocycles. The van der Waals surface area contributed by atoms with Crippen molar-refractivity contribution in [3.05, 3.63) is 28.0 Å². The molecule has 4 nitrogen and oxygen atoms in total. The number of nitrogens with zero attached hydrogens (tertiary/aromatic N) is 2. The van der Waals surface area contributed by atoms with E-state index in [0.717, 1.165) is 6.42 Å². The van der Waals surface area contributed by atoms with Gasteiger partial charge in [0, 0.05) is 0 Å². The second-order valence-electron chi connectivity index (χ2n) is 4.60. The Hall–Kier alpha value is -1.32. The molecule has 0 spiro atoms. The van der Waals surface area contributed by atoms with E-state index in [0.29, 0.717) is 18.3 Å². The lowest BCUT2D eigenvalue weighted by Gasteiger charge is -2.04. The Labute approximate surface area is 95.9 Å². The van der Waals surface area contributed by atoms with Crippen LogP contribution in [0.15, 0.2) is 21.0 Å². The first-order valence-electron chi connectivity index (χ1n) is 5.69. The van der Waals surface area contributed by atoms with Gasteiger partial charge in [-0.05, 0) is 32.6 Å². The van der Waals surface area contributed by atoms with Gasteiger partial charge in [0.15, 0.2) is 5.82 Å². The number of allylic oxidation sites excluding steroid dienone is 2. The minimum Gasteiger partial charge on any atom is -0.296 e. The molecule has 0 aliphatic heterocycles. The average Bonchev–Trinajstić information content (AvgIpc) is 2.49. The highest BCUT2D eigenvalue weighted by atomic mass is 16.5. The van der Waals surface area contributed by atoms with Crippen LogP contribution in [0.3, 0.4) is 0 Å². The van der Waals surface area contributed by atoms with Crippen LogP contribution in [0, 0.1) is 12.8 Å². The van der Waals surface area contributed by atoms with Gasteiger partial charge < -0.3 is 0 Å². The third-order valence-corrected chi connectivity index (χ3v) is 2.51. The highest BCUT2D eigenvalue weighted by molar-refractivity contribution is 4.99. The third kappa shape index (κ3) is 3.68. The second-order valence-corrected chi connectivity index (χ2v) is 4.60. The summed E-state index contributed by atoms with van der Waals surface area (Å²) in [6.45, 7) is 8.79. The predicted molar refractivity (Wildman–Crippen MR) is 63.3 cm³/mol. The van der Waals surface area contributed by atoms with E-state index in [2.05, 4.69) is 29.6 Å². The Morgan fingerprint density at radius 2 is 2.25 bits per heavy atom. The Morgan fingerprint density at radius 3 is 2.75 bits per heavy atom. The summed E-state index contributed by atoms with van der Waals surface area (Å²) >= 11 is 0. The van der Waals surface area contributed by atoms with Crippen molar-refractivity contribution in [1.29, 1.82) is 0 Å². The second kappa shape index (κ2) is 5.68. The summed E-state index contributed by atoms with van der Waals surface area (Å²) in [6.07, 6.45) is 4.41. The molecule has 0 amide bonds. The fraction of sp³-hybridized carbons (Fsp3) is 0.667. The van der Waals surface area contributed by atoms with Crippen molar-refractivity contribution in [1.82, 2.24) is 9.72 Å². The van der Waals surface area contributed by atoms with Crippen LogP contribution in [0.1, 0.15) is 39.4 Å². The minimum absolute atomic E-state index is 0.380. The fourth-order valence-electron chi connectivity index (χ4n) is 1.49. The first-order chi connectivity index (χ1) is 7.50. The van der Waals surface area contributed by atoms with Crippen LogP contribution in [-0.4, -0.2) is 9.72 Å². The molecule has 0 radical (unpaired) electrons. The van der Waals surface area contributed by atoms with Crippen molar-refractivity contribution >= 4 is 0 Å². The summed E-state index contributed by atoms with van der Waals surface area (Å²) in [4.78, 5) is 11.3. The predicted octanol–water partition coefficient (Wildman–Crippen LogP) is 2.53. The van der Waals surface area contributed by atoms with Gasteiger partial charge in [-0.15, -0.1) is 0 Å². The summed E-state index contributed by atoms with van der Waals surface area (Å²) in [6, 6.07) is 0. The number of hydrogen-bond acceptors (Lipinski definition) is 3. The maximum Gasteiger partial charge on any atom is 0.441 e. The zero-order chi connectivity index (χ0) is 12.1. The van der Waals surface area contributed by atoms with Gasteiger partial charge in [-0.1, -0.05) is 30.7 Å². The smallest absolute Gasteiger partial charge is 0.296 e. The molecule has 0 atom stereocenters. The van der Waals surface area contributed by atoms with Gasteiger partial charge in [-0.25, -0.2) is 4.79 Å². The molecule has 0 aromatic carbocycles. The molecule has 0 unspecified atom stereocenters. The summed E-state index contributed by atoms with van der Waals surface area (Å²) in [5.74, 6) is 0.958. The number of hydrogen-bond donors (Lipinski definition) is 0. The van der Waals surface area contributed by atoms with Gasteiger partial charge in [-0.2, -0.15) is 0 Å². The molecular weight excluding hydrogens is 204 g/mol. The van der Waals surface area contributed by atoms with Gasteiger partial charge in [0.05, 0.1) is 6.54 Å². The third-order valence-electron chi connectivity index (χ3n) is 2.51. The molecule has 16 heavy (non-hydrogen) atoms. The number of rotatable bonds is 5. The van der Waals surface area contributed by atoms with E-state index in [4.69, 9.17) is 0 Å². The zero-order valence-corrected chi connectivity index (χ0v) is 10.5. The molecule has 0 fully saturated rings. The molecule has 0 aliphatic carbocycles. The van der Waals surface area contributed by atoms with Crippen molar-refractivity contribution in [2.45, 2.75) is 47.1 Å². The lowest BCUT2D eigenvalue weighted by Crippen LogP contribution is -2.16. The highest BCUT2D eigenvalue weighted by Gasteiger charge is 2.05. The van der Waals surface area contributed by atoms with Crippen molar-refractivity contribution in [3.8, 4) is 0 Å². The van der Waals surface area contributed by atoms with E-state index < -0.39 is 0 Å². The first-order valence-corrected chi connectivity index (χ1v) is 5.69. The Kier molecular flexibility index (Phi) is 4.52. The number of aryl methyl sites for hydroxylation is 1. The average molecular weight is 224 g/mol. The van der Waals surface area contributed by atoms with Crippen LogP contribution in [0.2, 0.25) is 0 Å². The molecular formula is C12H20N2O2. The summed E-state index contributed by atoms with van der Waals surface area (Å²) in [5, 5.41) is 3.63. The maximum absolute atomic E-state index is 11.3. The largest absolute Gasteiger partial charge is 0.441 e. The Morgan fingerprint density at radius 1 is 1.56 bits per heavy atom. The van der Waals surface area contributed by atoms with E-state index in [1.54, 1.807) is 11.5 Å². The van der Waals surface area contributed by atoms with Gasteiger partial charge in [0.2, 0.25) is 0 Å². The van der Waals surface area contributed by atoms with Crippen LogP contribution in [0.4, 0.5) is 0 Å². The van der Waals surface area contributed by atoms with Crippen LogP contribution < -0.4 is 5.76 Å². The number of aromatic nitrogens is 2. The molecule has 0 bridgehead atoms. The van der Waals surface area contributed by atoms with Gasteiger partial charge in [0.1, 0.15) is 0 Å². The van der Waals surface area contributed by atoms with Gasteiger partial charge >= 0.3 is 5.76 Å². The molecule has 90 valence electrons. The van der Waals surface area contributed by atoms with E-state index in [1.807, 2.05) is 6.92 Å². The van der Waals surface area contributed by atoms with Crippen molar-refractivity contribution in [3.63, 3.8) is 0 Å². The molecule has 1 aromatic heterocycles. The topological polar surface area (TPSA) is 48.0 Å². The van der Waals surface area contributed by atoms with Crippen molar-refractivity contribution in [2.24, 2.45) is 5.92 Å². The van der Waals surface area contributed by atoms with E-state index in [1.165, 1.54) is 12.0 Å². The molecule has 1 rings (SSSR count). The lowest BCUT2D eigenvalue weighted by atomic mass is 10.1. The van der Waals surface area contributed by atoms with E-state index >= 15 is 0 Å². The van der Waals surface area contributed by atoms with Gasteiger partial charge in [-0.3, -0.25) is 9.09 Å². The van der Waals surface area contributed by atoms with E-state index in [-0.39, 0.29) is 5.76 Å². The summed E-state index contributed by atoms with van der Waals surface area (Å²) < 4.78 is 6.11. The zero-order valence-electron chi connectivity index (χ0n) is 10.5. The van der Waals surface area contributed by atoms with E-state index in [9.17, 15) is 4.79 Å². The highest BCUT2D eigenvalue weighted by Crippen LogP contribution is 2.07. The molecule has 1 aromatic rings. The summed E-state index contributed by atoms with van der Waals surface area (Å²) in [7, 11) is 0. The summed E-state index contributed by atoms with van der Waals surface area (Å²) in [5.41, 5.74) is 1.18. The first kappa shape index (κ1) is 12.7.